The maximum absolute atomic E-state index is 6.22. The van der Waals surface area contributed by atoms with Gasteiger partial charge in [-0.05, 0) is 24.7 Å². The first kappa shape index (κ1) is 13.5. The van der Waals surface area contributed by atoms with Crippen LogP contribution in [0.4, 0.5) is 0 Å². The number of hydrogen-bond acceptors (Lipinski definition) is 3. The highest BCUT2D eigenvalue weighted by Crippen LogP contribution is 2.59. The molecule has 2 bridgehead atoms. The summed E-state index contributed by atoms with van der Waals surface area (Å²) in [5.41, 5.74) is 0. The Kier molecular flexibility index (Phi) is 3.78. The van der Waals surface area contributed by atoms with Crippen molar-refractivity contribution in [2.24, 2.45) is 23.7 Å². The minimum absolute atomic E-state index is 0.0524. The van der Waals surface area contributed by atoms with E-state index in [0.29, 0.717) is 17.9 Å². The Balaban J connectivity index is 1.28. The van der Waals surface area contributed by atoms with E-state index in [9.17, 15) is 0 Å². The van der Waals surface area contributed by atoms with E-state index in [1.807, 2.05) is 0 Å². The molecule has 0 spiro atoms. The van der Waals surface area contributed by atoms with E-state index < -0.39 is 0 Å². The van der Waals surface area contributed by atoms with Crippen LogP contribution in [0.3, 0.4) is 0 Å². The summed E-state index contributed by atoms with van der Waals surface area (Å²) in [5.74, 6) is 2.81. The molecule has 20 heavy (non-hydrogen) atoms. The van der Waals surface area contributed by atoms with E-state index in [2.05, 4.69) is 6.92 Å². The van der Waals surface area contributed by atoms with Gasteiger partial charge >= 0.3 is 0 Å². The molecule has 0 aromatic carbocycles. The SMILES string of the molecule is CCCCCCCC[C@H]1O[C@@H]2O[C@@H]3OC[C@H]4[C@@H]3C[C@@H]2[C@H]41. The molecule has 3 saturated heterocycles. The van der Waals surface area contributed by atoms with Crippen LogP contribution in [0, 0.1) is 23.7 Å². The second kappa shape index (κ2) is 5.58. The van der Waals surface area contributed by atoms with Crippen LogP contribution in [-0.2, 0) is 14.2 Å². The summed E-state index contributed by atoms with van der Waals surface area (Å²) in [6.45, 7) is 3.19. The Labute approximate surface area is 122 Å². The van der Waals surface area contributed by atoms with Crippen LogP contribution in [0.15, 0.2) is 0 Å². The topological polar surface area (TPSA) is 27.7 Å². The van der Waals surface area contributed by atoms with Gasteiger partial charge in [0.2, 0.25) is 0 Å². The molecule has 4 fully saturated rings. The van der Waals surface area contributed by atoms with Gasteiger partial charge in [0.1, 0.15) is 0 Å². The van der Waals surface area contributed by atoms with Crippen LogP contribution in [-0.4, -0.2) is 25.3 Å². The lowest BCUT2D eigenvalue weighted by atomic mass is 9.84. The molecule has 1 aliphatic carbocycles. The lowest BCUT2D eigenvalue weighted by Gasteiger charge is -2.30. The number of hydrogen-bond donors (Lipinski definition) is 0. The third-order valence-electron chi connectivity index (χ3n) is 6.08. The molecule has 1 saturated carbocycles. The fourth-order valence-electron chi connectivity index (χ4n) is 5.13. The lowest BCUT2D eigenvalue weighted by molar-refractivity contribution is -0.267. The van der Waals surface area contributed by atoms with Crippen molar-refractivity contribution < 1.29 is 14.2 Å². The van der Waals surface area contributed by atoms with Crippen molar-refractivity contribution in [1.82, 2.24) is 0 Å². The van der Waals surface area contributed by atoms with Gasteiger partial charge in [-0.2, -0.15) is 0 Å². The van der Waals surface area contributed by atoms with E-state index in [4.69, 9.17) is 14.2 Å². The van der Waals surface area contributed by atoms with Gasteiger partial charge in [-0.3, -0.25) is 0 Å². The van der Waals surface area contributed by atoms with Crippen molar-refractivity contribution in [3.8, 4) is 0 Å². The van der Waals surface area contributed by atoms with Crippen molar-refractivity contribution in [1.29, 1.82) is 0 Å². The van der Waals surface area contributed by atoms with Crippen LogP contribution in [0.1, 0.15) is 58.3 Å². The molecule has 3 heterocycles. The Hall–Kier alpha value is -0.120. The van der Waals surface area contributed by atoms with Crippen molar-refractivity contribution >= 4 is 0 Å². The summed E-state index contributed by atoms with van der Waals surface area (Å²) in [6, 6.07) is 0. The van der Waals surface area contributed by atoms with E-state index >= 15 is 0 Å². The van der Waals surface area contributed by atoms with Crippen molar-refractivity contribution in [2.45, 2.75) is 77.0 Å². The molecule has 4 rings (SSSR count). The molecule has 4 aliphatic rings. The third kappa shape index (κ3) is 2.13. The average molecular weight is 280 g/mol. The third-order valence-corrected chi connectivity index (χ3v) is 6.08. The number of fused-ring (bicyclic) bond motifs is 1. The van der Waals surface area contributed by atoms with Crippen molar-refractivity contribution in [2.75, 3.05) is 6.61 Å². The fraction of sp³-hybridized carbons (Fsp3) is 1.00. The quantitative estimate of drug-likeness (QED) is 0.665. The van der Waals surface area contributed by atoms with Gasteiger partial charge in [0, 0.05) is 11.8 Å². The molecule has 3 heteroatoms. The maximum atomic E-state index is 6.22. The minimum atomic E-state index is 0.0524. The second-order valence-corrected chi connectivity index (χ2v) is 7.24. The van der Waals surface area contributed by atoms with E-state index in [1.165, 1.54) is 51.4 Å². The number of ether oxygens (including phenoxy) is 3. The van der Waals surface area contributed by atoms with E-state index in [-0.39, 0.29) is 12.6 Å². The summed E-state index contributed by atoms with van der Waals surface area (Å²) < 4.78 is 18.0. The smallest absolute Gasteiger partial charge is 0.164 e. The zero-order valence-electron chi connectivity index (χ0n) is 12.6. The minimum Gasteiger partial charge on any atom is -0.352 e. The molecule has 7 atom stereocenters. The standard InChI is InChI=1S/C17H28O3/c1-2-3-4-5-6-7-8-14-15-12-9-11-13(15)10-18-16(11)20-17(12)19-14/h11-17H,2-10H2,1H3/t11-,12+,13-,14+,15+,16-,17+/m0/s1. The summed E-state index contributed by atoms with van der Waals surface area (Å²) >= 11 is 0. The van der Waals surface area contributed by atoms with E-state index in [0.717, 1.165) is 18.4 Å². The number of rotatable bonds is 7. The lowest BCUT2D eigenvalue weighted by Crippen LogP contribution is -2.35. The zero-order chi connectivity index (χ0) is 13.5. The summed E-state index contributed by atoms with van der Waals surface area (Å²) in [6.07, 6.45) is 11.3. The highest BCUT2D eigenvalue weighted by Gasteiger charge is 2.64. The summed E-state index contributed by atoms with van der Waals surface area (Å²) in [5, 5.41) is 0. The molecule has 0 amide bonds. The Morgan fingerprint density at radius 3 is 2.60 bits per heavy atom. The Morgan fingerprint density at radius 2 is 1.70 bits per heavy atom. The Bertz CT molecular complexity index is 345. The first-order valence-corrected chi connectivity index (χ1v) is 8.81. The largest absolute Gasteiger partial charge is 0.352 e. The number of unbranched alkanes of at least 4 members (excludes halogenated alkanes) is 5. The van der Waals surface area contributed by atoms with Gasteiger partial charge in [-0.25, -0.2) is 0 Å². The summed E-state index contributed by atoms with van der Waals surface area (Å²) in [4.78, 5) is 0. The molecule has 0 radical (unpaired) electrons. The highest BCUT2D eigenvalue weighted by molar-refractivity contribution is 5.05. The second-order valence-electron chi connectivity index (χ2n) is 7.24. The zero-order valence-corrected chi connectivity index (χ0v) is 12.6. The molecule has 0 aromatic rings. The molecule has 0 N–H and O–H groups in total. The Morgan fingerprint density at radius 1 is 0.850 bits per heavy atom. The van der Waals surface area contributed by atoms with Crippen LogP contribution in [0.25, 0.3) is 0 Å². The first-order valence-electron chi connectivity index (χ1n) is 8.81. The van der Waals surface area contributed by atoms with Crippen molar-refractivity contribution in [3.05, 3.63) is 0 Å². The van der Waals surface area contributed by atoms with Crippen LogP contribution in [0.5, 0.6) is 0 Å². The van der Waals surface area contributed by atoms with Crippen molar-refractivity contribution in [3.63, 3.8) is 0 Å². The van der Waals surface area contributed by atoms with Gasteiger partial charge in [0.25, 0.3) is 0 Å². The van der Waals surface area contributed by atoms with Gasteiger partial charge in [0.15, 0.2) is 12.6 Å². The molecule has 3 nitrogen and oxygen atoms in total. The molecular weight excluding hydrogens is 252 g/mol. The maximum Gasteiger partial charge on any atom is 0.164 e. The van der Waals surface area contributed by atoms with Crippen LogP contribution >= 0.6 is 0 Å². The molecule has 0 unspecified atom stereocenters. The van der Waals surface area contributed by atoms with Gasteiger partial charge < -0.3 is 14.2 Å². The average Bonchev–Trinajstić information content (AvgIpc) is 3.07. The van der Waals surface area contributed by atoms with Gasteiger partial charge in [-0.15, -0.1) is 0 Å². The summed E-state index contributed by atoms with van der Waals surface area (Å²) in [7, 11) is 0. The van der Waals surface area contributed by atoms with Gasteiger partial charge in [-0.1, -0.05) is 45.4 Å². The first-order chi connectivity index (χ1) is 9.88. The van der Waals surface area contributed by atoms with Gasteiger partial charge in [0.05, 0.1) is 12.7 Å². The molecular formula is C17H28O3. The molecule has 114 valence electrons. The predicted molar refractivity (Wildman–Crippen MR) is 76.1 cm³/mol. The molecule has 3 aliphatic heterocycles. The van der Waals surface area contributed by atoms with Crippen LogP contribution in [0.2, 0.25) is 0 Å². The highest BCUT2D eigenvalue weighted by atomic mass is 16.8. The normalized spacial score (nSPS) is 48.1. The molecule has 0 aromatic heterocycles. The van der Waals surface area contributed by atoms with Crippen LogP contribution < -0.4 is 0 Å². The van der Waals surface area contributed by atoms with E-state index in [1.54, 1.807) is 0 Å². The monoisotopic (exact) mass is 280 g/mol. The fourth-order valence-corrected chi connectivity index (χ4v) is 5.13. The predicted octanol–water partition coefficient (Wildman–Crippen LogP) is 3.72.